The van der Waals surface area contributed by atoms with Crippen LogP contribution in [0.5, 0.6) is 11.5 Å². The Kier molecular flexibility index (Phi) is 7.88. The monoisotopic (exact) mass is 546 g/mol. The fourth-order valence-corrected chi connectivity index (χ4v) is 5.19. The molecule has 39 heavy (non-hydrogen) atoms. The van der Waals surface area contributed by atoms with Crippen LogP contribution in [0.2, 0.25) is 5.02 Å². The van der Waals surface area contributed by atoms with Gasteiger partial charge in [-0.3, -0.25) is 14.7 Å². The zero-order valence-corrected chi connectivity index (χ0v) is 23.7. The molecule has 1 fully saturated rings. The van der Waals surface area contributed by atoms with E-state index in [9.17, 15) is 4.79 Å². The number of piperazine rings is 1. The number of imidazole rings is 1. The van der Waals surface area contributed by atoms with Gasteiger partial charge in [0, 0.05) is 62.3 Å². The number of benzene rings is 2. The van der Waals surface area contributed by atoms with Crippen molar-refractivity contribution in [3.63, 3.8) is 0 Å². The Morgan fingerprint density at radius 1 is 1.08 bits per heavy atom. The van der Waals surface area contributed by atoms with Gasteiger partial charge in [0.05, 0.1) is 29.7 Å². The first-order valence-electron chi connectivity index (χ1n) is 13.3. The van der Waals surface area contributed by atoms with E-state index in [1.165, 1.54) is 0 Å². The Hall–Kier alpha value is -3.46. The average molecular weight is 547 g/mol. The third-order valence-corrected chi connectivity index (χ3v) is 7.22. The zero-order valence-electron chi connectivity index (χ0n) is 22.9. The molecular weight excluding hydrogens is 512 g/mol. The summed E-state index contributed by atoms with van der Waals surface area (Å²) >= 11 is 6.45. The molecule has 1 aliphatic rings. The van der Waals surface area contributed by atoms with Crippen LogP contribution in [-0.4, -0.2) is 57.9 Å². The highest BCUT2D eigenvalue weighted by Gasteiger charge is 2.19. The molecule has 0 unspecified atom stereocenters. The SMILES string of the molecule is Cn1c(Nc2ccc(Cl)c(C(C)(C)C)c2)nc2cc(Oc3ccnc(CC(=O)CN4CCNCC4)c3)ccc21. The molecular formula is C30H35ClN6O2. The largest absolute Gasteiger partial charge is 0.457 e. The molecule has 2 aromatic carbocycles. The van der Waals surface area contributed by atoms with E-state index < -0.39 is 0 Å². The van der Waals surface area contributed by atoms with Crippen LogP contribution in [0.3, 0.4) is 0 Å². The summed E-state index contributed by atoms with van der Waals surface area (Å²) < 4.78 is 8.15. The number of rotatable bonds is 8. The molecule has 2 N–H and O–H groups in total. The van der Waals surface area contributed by atoms with E-state index >= 15 is 0 Å². The molecule has 204 valence electrons. The maximum atomic E-state index is 12.6. The molecule has 1 saturated heterocycles. The number of hydrogen-bond donors (Lipinski definition) is 2. The smallest absolute Gasteiger partial charge is 0.208 e. The number of nitrogens with zero attached hydrogens (tertiary/aromatic N) is 4. The molecule has 8 nitrogen and oxygen atoms in total. The predicted octanol–water partition coefficient (Wildman–Crippen LogP) is 5.47. The van der Waals surface area contributed by atoms with Crippen LogP contribution in [0, 0.1) is 0 Å². The fraction of sp³-hybridized carbons (Fsp3) is 0.367. The minimum absolute atomic E-state index is 0.0709. The number of anilines is 2. The molecule has 1 aliphatic heterocycles. The van der Waals surface area contributed by atoms with Gasteiger partial charge in [-0.05, 0) is 47.4 Å². The number of ether oxygens (including phenoxy) is 1. The summed E-state index contributed by atoms with van der Waals surface area (Å²) in [6.07, 6.45) is 1.97. The molecule has 0 saturated carbocycles. The van der Waals surface area contributed by atoms with Crippen molar-refractivity contribution in [2.75, 3.05) is 38.0 Å². The van der Waals surface area contributed by atoms with E-state index in [0.29, 0.717) is 23.7 Å². The van der Waals surface area contributed by atoms with Crippen LogP contribution in [0.15, 0.2) is 54.7 Å². The van der Waals surface area contributed by atoms with E-state index in [-0.39, 0.29) is 17.6 Å². The van der Waals surface area contributed by atoms with Gasteiger partial charge in [-0.2, -0.15) is 0 Å². The first-order chi connectivity index (χ1) is 18.7. The highest BCUT2D eigenvalue weighted by molar-refractivity contribution is 6.31. The number of carbonyl (C=O) groups excluding carboxylic acids is 1. The maximum Gasteiger partial charge on any atom is 0.208 e. The highest BCUT2D eigenvalue weighted by Crippen LogP contribution is 2.33. The van der Waals surface area contributed by atoms with Crippen LogP contribution in [0.1, 0.15) is 32.0 Å². The number of ketones is 1. The summed E-state index contributed by atoms with van der Waals surface area (Å²) in [7, 11) is 1.98. The van der Waals surface area contributed by atoms with Crippen LogP contribution in [-0.2, 0) is 23.7 Å². The van der Waals surface area contributed by atoms with Gasteiger partial charge < -0.3 is 19.9 Å². The Morgan fingerprint density at radius 2 is 1.85 bits per heavy atom. The molecule has 0 aliphatic carbocycles. The van der Waals surface area contributed by atoms with Gasteiger partial charge in [-0.1, -0.05) is 32.4 Å². The molecule has 0 atom stereocenters. The molecule has 2 aromatic heterocycles. The lowest BCUT2D eigenvalue weighted by atomic mass is 9.87. The van der Waals surface area contributed by atoms with Crippen molar-refractivity contribution in [3.8, 4) is 11.5 Å². The predicted molar refractivity (Wildman–Crippen MR) is 156 cm³/mol. The van der Waals surface area contributed by atoms with Gasteiger partial charge in [-0.25, -0.2) is 4.98 Å². The van der Waals surface area contributed by atoms with E-state index in [4.69, 9.17) is 21.3 Å². The van der Waals surface area contributed by atoms with Crippen LogP contribution >= 0.6 is 11.6 Å². The summed E-state index contributed by atoms with van der Waals surface area (Å²) in [6, 6.07) is 15.4. The van der Waals surface area contributed by atoms with Gasteiger partial charge in [-0.15, -0.1) is 0 Å². The maximum absolute atomic E-state index is 12.6. The van der Waals surface area contributed by atoms with E-state index in [2.05, 4.69) is 47.4 Å². The van der Waals surface area contributed by atoms with Crippen molar-refractivity contribution in [1.82, 2.24) is 24.8 Å². The molecule has 3 heterocycles. The van der Waals surface area contributed by atoms with Gasteiger partial charge in [0.2, 0.25) is 5.95 Å². The van der Waals surface area contributed by atoms with Crippen molar-refractivity contribution >= 4 is 40.1 Å². The number of hydrogen-bond acceptors (Lipinski definition) is 7. The number of nitrogens with one attached hydrogen (secondary N) is 2. The molecule has 0 amide bonds. The fourth-order valence-electron chi connectivity index (χ4n) is 4.79. The summed E-state index contributed by atoms with van der Waals surface area (Å²) in [6.45, 7) is 10.5. The number of fused-ring (bicyclic) bond motifs is 1. The number of aryl methyl sites for hydroxylation is 1. The molecule has 0 radical (unpaired) electrons. The lowest BCUT2D eigenvalue weighted by molar-refractivity contribution is -0.119. The van der Waals surface area contributed by atoms with Gasteiger partial charge in [0.25, 0.3) is 0 Å². The van der Waals surface area contributed by atoms with Crippen molar-refractivity contribution < 1.29 is 9.53 Å². The van der Waals surface area contributed by atoms with Gasteiger partial charge >= 0.3 is 0 Å². The first kappa shape index (κ1) is 27.1. The third kappa shape index (κ3) is 6.58. The van der Waals surface area contributed by atoms with Crippen molar-refractivity contribution in [3.05, 3.63) is 71.0 Å². The zero-order chi connectivity index (χ0) is 27.6. The van der Waals surface area contributed by atoms with Gasteiger partial charge in [0.1, 0.15) is 11.5 Å². The molecule has 0 spiro atoms. The Bertz CT molecular complexity index is 1490. The Labute approximate surface area is 234 Å². The lowest BCUT2D eigenvalue weighted by Gasteiger charge is -2.26. The number of carbonyl (C=O) groups is 1. The normalized spacial score (nSPS) is 14.5. The van der Waals surface area contributed by atoms with E-state index in [1.807, 2.05) is 48.0 Å². The Balaban J connectivity index is 1.29. The third-order valence-electron chi connectivity index (χ3n) is 6.89. The average Bonchev–Trinajstić information content (AvgIpc) is 3.19. The summed E-state index contributed by atoms with van der Waals surface area (Å²) in [5, 5.41) is 7.49. The minimum atomic E-state index is -0.0709. The first-order valence-corrected chi connectivity index (χ1v) is 13.6. The second-order valence-electron chi connectivity index (χ2n) is 11.0. The highest BCUT2D eigenvalue weighted by atomic mass is 35.5. The van der Waals surface area contributed by atoms with E-state index in [1.54, 1.807) is 12.3 Å². The number of aromatic nitrogens is 3. The quantitative estimate of drug-likeness (QED) is 0.303. The molecule has 4 aromatic rings. The van der Waals surface area contributed by atoms with Crippen LogP contribution in [0.25, 0.3) is 11.0 Å². The Morgan fingerprint density at radius 3 is 2.62 bits per heavy atom. The van der Waals surface area contributed by atoms with Crippen molar-refractivity contribution in [1.29, 1.82) is 0 Å². The second-order valence-corrected chi connectivity index (χ2v) is 11.4. The van der Waals surface area contributed by atoms with Gasteiger partial charge in [0.15, 0.2) is 5.78 Å². The number of halogens is 1. The van der Waals surface area contributed by atoms with Crippen LogP contribution < -0.4 is 15.4 Å². The van der Waals surface area contributed by atoms with Crippen LogP contribution in [0.4, 0.5) is 11.6 Å². The number of Topliss-reactive ketones (excluding diaryl/α,β-unsaturated/α-hetero) is 1. The summed E-state index contributed by atoms with van der Waals surface area (Å²) in [4.78, 5) is 24.0. The lowest BCUT2D eigenvalue weighted by Crippen LogP contribution is -2.45. The molecule has 5 rings (SSSR count). The molecule has 0 bridgehead atoms. The van der Waals surface area contributed by atoms with Crippen molar-refractivity contribution in [2.24, 2.45) is 7.05 Å². The standard InChI is InChI=1S/C30H35ClN6O2/c1-30(2,3)25-17-20(5-7-26(25)31)34-29-35-27-18-23(6-8-28(27)36(29)4)39-24-9-10-33-21(16-24)15-22(38)19-37-13-11-32-12-14-37/h5-10,16-18,32H,11-15,19H2,1-4H3,(H,34,35). The summed E-state index contributed by atoms with van der Waals surface area (Å²) in [5.41, 5.74) is 4.42. The minimum Gasteiger partial charge on any atom is -0.457 e. The summed E-state index contributed by atoms with van der Waals surface area (Å²) in [5.74, 6) is 2.18. The second kappa shape index (κ2) is 11.3. The topological polar surface area (TPSA) is 84.3 Å². The van der Waals surface area contributed by atoms with E-state index in [0.717, 1.165) is 59.4 Å². The number of pyridine rings is 1. The van der Waals surface area contributed by atoms with Crippen molar-refractivity contribution in [2.45, 2.75) is 32.6 Å². The molecule has 9 heteroatoms.